The molecule has 4 rings (SSSR count). The first-order chi connectivity index (χ1) is 13.3. The van der Waals surface area contributed by atoms with Gasteiger partial charge in [0.2, 0.25) is 5.82 Å². The third kappa shape index (κ3) is 3.31. The number of hydrogen-bond donors (Lipinski definition) is 1. The molecule has 0 spiro atoms. The van der Waals surface area contributed by atoms with E-state index in [1.807, 2.05) is 0 Å². The van der Waals surface area contributed by atoms with Gasteiger partial charge >= 0.3 is 6.18 Å². The summed E-state index contributed by atoms with van der Waals surface area (Å²) < 4.78 is 54.6. The molecule has 0 saturated carbocycles. The van der Waals surface area contributed by atoms with Crippen molar-refractivity contribution in [2.24, 2.45) is 0 Å². The minimum absolute atomic E-state index is 0.0586. The average Bonchev–Trinajstić information content (AvgIpc) is 3.31. The topological polar surface area (TPSA) is 72.2 Å². The lowest BCUT2D eigenvalue weighted by Crippen LogP contribution is -2.16. The van der Waals surface area contributed by atoms with Crippen LogP contribution in [0.4, 0.5) is 23.2 Å². The van der Waals surface area contributed by atoms with Crippen molar-refractivity contribution in [3.05, 3.63) is 65.2 Å². The van der Waals surface area contributed by atoms with E-state index in [-0.39, 0.29) is 11.4 Å². The molecule has 0 bridgehead atoms. The van der Waals surface area contributed by atoms with Gasteiger partial charge in [-0.2, -0.15) is 22.7 Å². The number of nitrogens with zero attached hydrogens (tertiary/aromatic N) is 4. The van der Waals surface area contributed by atoms with Crippen molar-refractivity contribution in [2.75, 3.05) is 5.32 Å². The second-order valence-electron chi connectivity index (χ2n) is 5.58. The monoisotopic (exact) mass is 407 g/mol. The normalized spacial score (nSPS) is 11.7. The number of benzene rings is 1. The number of aromatic nitrogens is 4. The highest BCUT2D eigenvalue weighted by Gasteiger charge is 2.36. The smallest absolute Gasteiger partial charge is 0.317 e. The summed E-state index contributed by atoms with van der Waals surface area (Å²) >= 11 is 1.21. The largest absolute Gasteiger partial charge is 0.433 e. The average molecular weight is 407 g/mol. The Balaban J connectivity index is 1.79. The number of amides is 1. The van der Waals surface area contributed by atoms with Crippen LogP contribution in [0.5, 0.6) is 0 Å². The number of para-hydroxylation sites is 1. The van der Waals surface area contributed by atoms with Gasteiger partial charge in [0, 0.05) is 0 Å². The highest BCUT2D eigenvalue weighted by molar-refractivity contribution is 7.13. The summed E-state index contributed by atoms with van der Waals surface area (Å²) in [5.74, 6) is -2.61. The molecule has 3 heterocycles. The lowest BCUT2D eigenvalue weighted by Gasteiger charge is -2.09. The molecule has 0 atom stereocenters. The van der Waals surface area contributed by atoms with Crippen molar-refractivity contribution in [1.82, 2.24) is 19.6 Å². The maximum atomic E-state index is 13.7. The number of nitrogens with one attached hydrogen (secondary N) is 1. The summed E-state index contributed by atoms with van der Waals surface area (Å²) in [4.78, 5) is 20.7. The van der Waals surface area contributed by atoms with Crippen LogP contribution in [-0.4, -0.2) is 25.5 Å². The van der Waals surface area contributed by atoms with Crippen LogP contribution >= 0.6 is 11.3 Å². The Morgan fingerprint density at radius 2 is 1.89 bits per heavy atom. The summed E-state index contributed by atoms with van der Waals surface area (Å²) in [5, 5.41) is 7.55. The zero-order valence-corrected chi connectivity index (χ0v) is 14.6. The Morgan fingerprint density at radius 1 is 1.11 bits per heavy atom. The van der Waals surface area contributed by atoms with E-state index >= 15 is 0 Å². The zero-order chi connectivity index (χ0) is 19.9. The van der Waals surface area contributed by atoms with E-state index in [2.05, 4.69) is 20.4 Å². The molecule has 0 aliphatic carbocycles. The van der Waals surface area contributed by atoms with E-state index in [9.17, 15) is 22.4 Å². The SMILES string of the molecule is O=C(Nc1ccccc1F)c1nc2nc(-c3cccs3)cc(C(F)(F)F)n2n1. The molecule has 3 aromatic heterocycles. The molecule has 1 N–H and O–H groups in total. The molecule has 0 radical (unpaired) electrons. The van der Waals surface area contributed by atoms with Crippen LogP contribution in [0.3, 0.4) is 0 Å². The van der Waals surface area contributed by atoms with Crippen LogP contribution < -0.4 is 5.32 Å². The van der Waals surface area contributed by atoms with E-state index in [1.165, 1.54) is 29.5 Å². The zero-order valence-electron chi connectivity index (χ0n) is 13.7. The molecular weight excluding hydrogens is 398 g/mol. The quantitative estimate of drug-likeness (QED) is 0.515. The van der Waals surface area contributed by atoms with Crippen LogP contribution in [0.25, 0.3) is 16.3 Å². The molecule has 142 valence electrons. The number of rotatable bonds is 3. The molecule has 1 amide bonds. The Morgan fingerprint density at radius 3 is 2.57 bits per heavy atom. The first-order valence-corrected chi connectivity index (χ1v) is 8.65. The number of fused-ring (bicyclic) bond motifs is 1. The summed E-state index contributed by atoms with van der Waals surface area (Å²) in [7, 11) is 0. The van der Waals surface area contributed by atoms with Gasteiger partial charge in [0.1, 0.15) is 5.82 Å². The molecule has 0 aliphatic rings. The highest BCUT2D eigenvalue weighted by atomic mass is 32.1. The van der Waals surface area contributed by atoms with Crippen LogP contribution in [0, 0.1) is 5.82 Å². The summed E-state index contributed by atoms with van der Waals surface area (Å²) in [5.41, 5.74) is -1.21. The number of thiophene rings is 1. The summed E-state index contributed by atoms with van der Waals surface area (Å²) in [6.45, 7) is 0. The number of alkyl halides is 3. The predicted molar refractivity (Wildman–Crippen MR) is 93.5 cm³/mol. The fraction of sp³-hybridized carbons (Fsp3) is 0.0588. The van der Waals surface area contributed by atoms with Gasteiger partial charge in [-0.15, -0.1) is 16.4 Å². The van der Waals surface area contributed by atoms with Gasteiger partial charge in [-0.05, 0) is 29.6 Å². The van der Waals surface area contributed by atoms with E-state index in [4.69, 9.17) is 0 Å². The van der Waals surface area contributed by atoms with Gasteiger partial charge in [0.15, 0.2) is 5.69 Å². The van der Waals surface area contributed by atoms with Crippen LogP contribution in [0.1, 0.15) is 16.3 Å². The van der Waals surface area contributed by atoms with Crippen molar-refractivity contribution in [3.8, 4) is 10.6 Å². The molecule has 0 saturated heterocycles. The Kier molecular flexibility index (Phi) is 4.30. The van der Waals surface area contributed by atoms with Crippen molar-refractivity contribution >= 4 is 28.7 Å². The molecule has 11 heteroatoms. The first-order valence-electron chi connectivity index (χ1n) is 7.78. The van der Waals surface area contributed by atoms with Crippen LogP contribution in [0.2, 0.25) is 0 Å². The highest BCUT2D eigenvalue weighted by Crippen LogP contribution is 2.33. The lowest BCUT2D eigenvalue weighted by atomic mass is 10.3. The minimum Gasteiger partial charge on any atom is -0.317 e. The van der Waals surface area contributed by atoms with Crippen molar-refractivity contribution in [1.29, 1.82) is 0 Å². The number of hydrogen-bond acceptors (Lipinski definition) is 5. The fourth-order valence-corrected chi connectivity index (χ4v) is 3.14. The van der Waals surface area contributed by atoms with Crippen molar-refractivity contribution in [2.45, 2.75) is 6.18 Å². The maximum absolute atomic E-state index is 13.7. The van der Waals surface area contributed by atoms with E-state index in [0.29, 0.717) is 9.39 Å². The molecule has 0 unspecified atom stereocenters. The fourth-order valence-electron chi connectivity index (χ4n) is 2.46. The first kappa shape index (κ1) is 18.0. The molecule has 28 heavy (non-hydrogen) atoms. The van der Waals surface area contributed by atoms with Gasteiger partial charge in [0.25, 0.3) is 11.7 Å². The van der Waals surface area contributed by atoms with Crippen LogP contribution in [-0.2, 0) is 6.18 Å². The number of anilines is 1. The third-order valence-electron chi connectivity index (χ3n) is 3.70. The van der Waals surface area contributed by atoms with Gasteiger partial charge in [-0.1, -0.05) is 18.2 Å². The molecule has 6 nitrogen and oxygen atoms in total. The van der Waals surface area contributed by atoms with E-state index in [1.54, 1.807) is 17.5 Å². The minimum atomic E-state index is -4.75. The molecular formula is C17H9F4N5OS. The number of carbonyl (C=O) groups is 1. The number of carbonyl (C=O) groups excluding carboxylic acids is 1. The summed E-state index contributed by atoms with van der Waals surface area (Å²) in [6.07, 6.45) is -4.75. The second kappa shape index (κ2) is 6.68. The van der Waals surface area contributed by atoms with Gasteiger partial charge in [-0.3, -0.25) is 4.79 Å². The Labute approximate surface area is 158 Å². The second-order valence-corrected chi connectivity index (χ2v) is 6.53. The van der Waals surface area contributed by atoms with Gasteiger partial charge < -0.3 is 5.32 Å². The Bertz CT molecular complexity index is 1170. The summed E-state index contributed by atoms with van der Waals surface area (Å²) in [6, 6.07) is 9.49. The van der Waals surface area contributed by atoms with E-state index < -0.39 is 35.2 Å². The van der Waals surface area contributed by atoms with Gasteiger partial charge in [0.05, 0.1) is 16.3 Å². The molecule has 0 fully saturated rings. The van der Waals surface area contributed by atoms with Crippen LogP contribution in [0.15, 0.2) is 47.8 Å². The molecule has 0 aliphatic heterocycles. The van der Waals surface area contributed by atoms with Gasteiger partial charge in [-0.25, -0.2) is 9.37 Å². The number of halogens is 4. The molecule has 4 aromatic rings. The van der Waals surface area contributed by atoms with Crippen molar-refractivity contribution < 1.29 is 22.4 Å². The predicted octanol–water partition coefficient (Wildman–Crippen LogP) is 4.26. The Hall–Kier alpha value is -3.34. The molecule has 1 aromatic carbocycles. The third-order valence-corrected chi connectivity index (χ3v) is 4.59. The standard InChI is InChI=1S/C17H9F4N5OS/c18-9-4-1-2-5-10(9)22-15(27)14-24-16-23-11(12-6-3-7-28-12)8-13(17(19,20)21)26(16)25-14/h1-8H,(H,22,27). The van der Waals surface area contributed by atoms with Crippen molar-refractivity contribution in [3.63, 3.8) is 0 Å². The maximum Gasteiger partial charge on any atom is 0.433 e. The lowest BCUT2D eigenvalue weighted by molar-refractivity contribution is -0.142. The van der Waals surface area contributed by atoms with E-state index in [0.717, 1.165) is 12.1 Å².